The van der Waals surface area contributed by atoms with Crippen molar-refractivity contribution in [3.05, 3.63) is 83.3 Å². The monoisotopic (exact) mass is 660 g/mol. The van der Waals surface area contributed by atoms with Gasteiger partial charge < -0.3 is 20.1 Å². The predicted molar refractivity (Wildman–Crippen MR) is 162 cm³/mol. The second-order valence-electron chi connectivity index (χ2n) is 10.8. The number of carbonyl (C=O) groups excluding carboxylic acids is 4. The number of likely N-dealkylation sites (tertiary alicyclic amines) is 1. The number of benzene rings is 3. The standard InChI is InChI=1S/C32H26ClF5N4O4/c1-17(43)23-15-41(26-10-9-19(12-22(23)26)39-28(44)13-32(36,37)38)16-29(45)42-14-18(34)11-27(42)31(46)40-25-8-4-6-21(30(25)35)20-5-2-3-7-24(20)33/h2-10,12,15,18,27H,11,13-14,16H2,1H3,(H,39,44)(H,40,46)/t18-,27+/m1/s1. The Hall–Kier alpha value is -4.78. The number of aromatic nitrogens is 1. The van der Waals surface area contributed by atoms with Gasteiger partial charge in [-0.15, -0.1) is 0 Å². The van der Waals surface area contributed by atoms with Crippen molar-refractivity contribution in [2.24, 2.45) is 0 Å². The average molecular weight is 661 g/mol. The number of ketones is 1. The normalized spacial score (nSPS) is 16.5. The molecule has 3 aromatic carbocycles. The second-order valence-corrected chi connectivity index (χ2v) is 11.2. The molecule has 0 bridgehead atoms. The number of nitrogens with zero attached hydrogens (tertiary/aromatic N) is 2. The molecule has 240 valence electrons. The zero-order valence-corrected chi connectivity index (χ0v) is 24.9. The fourth-order valence-electron chi connectivity index (χ4n) is 5.45. The molecule has 1 fully saturated rings. The third-order valence-corrected chi connectivity index (χ3v) is 7.83. The van der Waals surface area contributed by atoms with Crippen LogP contribution in [0.25, 0.3) is 22.0 Å². The number of rotatable bonds is 8. The van der Waals surface area contributed by atoms with Crippen molar-refractivity contribution in [1.29, 1.82) is 0 Å². The highest BCUT2D eigenvalue weighted by Gasteiger charge is 2.40. The van der Waals surface area contributed by atoms with Crippen molar-refractivity contribution in [1.82, 2.24) is 9.47 Å². The maximum Gasteiger partial charge on any atom is 0.397 e. The number of halogens is 6. The highest BCUT2D eigenvalue weighted by atomic mass is 35.5. The largest absolute Gasteiger partial charge is 0.397 e. The van der Waals surface area contributed by atoms with E-state index in [0.29, 0.717) is 16.1 Å². The molecule has 46 heavy (non-hydrogen) atoms. The van der Waals surface area contributed by atoms with Gasteiger partial charge in [0.2, 0.25) is 17.7 Å². The van der Waals surface area contributed by atoms with E-state index in [0.717, 1.165) is 4.90 Å². The van der Waals surface area contributed by atoms with Crippen LogP contribution in [0.2, 0.25) is 5.02 Å². The summed E-state index contributed by atoms with van der Waals surface area (Å²) in [6.07, 6.45) is -6.90. The van der Waals surface area contributed by atoms with Crippen molar-refractivity contribution in [3.8, 4) is 11.1 Å². The first kappa shape index (κ1) is 32.6. The fourth-order valence-corrected chi connectivity index (χ4v) is 5.69. The lowest BCUT2D eigenvalue weighted by molar-refractivity contribution is -0.150. The number of anilines is 2. The predicted octanol–water partition coefficient (Wildman–Crippen LogP) is 6.77. The molecule has 14 heteroatoms. The van der Waals surface area contributed by atoms with Crippen LogP contribution in [0.4, 0.5) is 33.3 Å². The molecule has 0 aliphatic carbocycles. The van der Waals surface area contributed by atoms with E-state index in [4.69, 9.17) is 11.6 Å². The van der Waals surface area contributed by atoms with Gasteiger partial charge in [0.05, 0.1) is 12.2 Å². The van der Waals surface area contributed by atoms with Crippen LogP contribution in [0.1, 0.15) is 30.1 Å². The highest BCUT2D eigenvalue weighted by Crippen LogP contribution is 2.33. The smallest absolute Gasteiger partial charge is 0.337 e. The maximum atomic E-state index is 15.5. The minimum Gasteiger partial charge on any atom is -0.337 e. The van der Waals surface area contributed by atoms with Gasteiger partial charge in [-0.1, -0.05) is 41.9 Å². The topological polar surface area (TPSA) is 101 Å². The number of alkyl halides is 4. The molecular formula is C32H26ClF5N4O4. The fraction of sp³-hybridized carbons (Fsp3) is 0.250. The third-order valence-electron chi connectivity index (χ3n) is 7.50. The minimum atomic E-state index is -4.71. The van der Waals surface area contributed by atoms with E-state index in [1.54, 1.807) is 24.3 Å². The Balaban J connectivity index is 1.36. The molecule has 8 nitrogen and oxygen atoms in total. The molecule has 3 amide bonds. The summed E-state index contributed by atoms with van der Waals surface area (Å²) in [5.74, 6) is -3.94. The quantitative estimate of drug-likeness (QED) is 0.161. The molecule has 2 N–H and O–H groups in total. The molecule has 5 rings (SSSR count). The molecule has 0 radical (unpaired) electrons. The van der Waals surface area contributed by atoms with Gasteiger partial charge in [0.25, 0.3) is 0 Å². The Morgan fingerprint density at radius 3 is 2.39 bits per heavy atom. The van der Waals surface area contributed by atoms with Crippen LogP contribution in [0.5, 0.6) is 0 Å². The van der Waals surface area contributed by atoms with Crippen LogP contribution in [-0.2, 0) is 20.9 Å². The lowest BCUT2D eigenvalue weighted by Crippen LogP contribution is -2.44. The Kier molecular flexibility index (Phi) is 9.15. The number of hydrogen-bond donors (Lipinski definition) is 2. The molecule has 0 saturated carbocycles. The van der Waals surface area contributed by atoms with Gasteiger partial charge in [0.15, 0.2) is 11.6 Å². The van der Waals surface area contributed by atoms with E-state index >= 15 is 4.39 Å². The van der Waals surface area contributed by atoms with Crippen LogP contribution in [-0.4, -0.2) is 57.9 Å². The SMILES string of the molecule is CC(=O)c1cn(CC(=O)N2C[C@H](F)C[C@H]2C(=O)Nc2cccc(-c3ccccc3Cl)c2F)c2ccc(NC(=O)CC(F)(F)F)cc12. The summed E-state index contributed by atoms with van der Waals surface area (Å²) < 4.78 is 69.3. The summed E-state index contributed by atoms with van der Waals surface area (Å²) in [6.45, 7) is 0.438. The molecule has 1 aliphatic heterocycles. The Labute approximate surface area is 264 Å². The summed E-state index contributed by atoms with van der Waals surface area (Å²) in [6, 6.07) is 13.7. The van der Waals surface area contributed by atoms with Crippen LogP contribution in [0.15, 0.2) is 66.9 Å². The molecule has 2 atom stereocenters. The minimum absolute atomic E-state index is 0.00992. The van der Waals surface area contributed by atoms with Crippen molar-refractivity contribution in [2.45, 2.75) is 44.7 Å². The van der Waals surface area contributed by atoms with Crippen molar-refractivity contribution in [2.75, 3.05) is 17.2 Å². The summed E-state index contributed by atoms with van der Waals surface area (Å²) >= 11 is 6.22. The Morgan fingerprint density at radius 2 is 1.70 bits per heavy atom. The molecule has 2 heterocycles. The van der Waals surface area contributed by atoms with Crippen LogP contribution >= 0.6 is 11.6 Å². The number of carbonyl (C=O) groups is 4. The second kappa shape index (κ2) is 12.9. The molecule has 0 spiro atoms. The van der Waals surface area contributed by atoms with Crippen molar-refractivity contribution in [3.63, 3.8) is 0 Å². The lowest BCUT2D eigenvalue weighted by atomic mass is 10.0. The summed E-state index contributed by atoms with van der Waals surface area (Å²) in [4.78, 5) is 51.9. The molecule has 1 aromatic heterocycles. The Morgan fingerprint density at radius 1 is 0.978 bits per heavy atom. The molecule has 1 saturated heterocycles. The van der Waals surface area contributed by atoms with Gasteiger partial charge >= 0.3 is 6.18 Å². The van der Waals surface area contributed by atoms with Crippen LogP contribution < -0.4 is 10.6 Å². The molecule has 0 unspecified atom stereocenters. The van der Waals surface area contributed by atoms with Crippen molar-refractivity contribution >= 4 is 57.4 Å². The van der Waals surface area contributed by atoms with E-state index in [2.05, 4.69) is 10.6 Å². The zero-order chi connectivity index (χ0) is 33.3. The van der Waals surface area contributed by atoms with Gasteiger partial charge in [-0.3, -0.25) is 19.2 Å². The van der Waals surface area contributed by atoms with Crippen LogP contribution in [0.3, 0.4) is 0 Å². The Bertz CT molecular complexity index is 1860. The van der Waals surface area contributed by atoms with Gasteiger partial charge in [0, 0.05) is 50.9 Å². The van der Waals surface area contributed by atoms with E-state index in [9.17, 15) is 36.7 Å². The van der Waals surface area contributed by atoms with Gasteiger partial charge in [-0.05, 0) is 37.3 Å². The van der Waals surface area contributed by atoms with Crippen LogP contribution in [0, 0.1) is 5.82 Å². The first-order valence-corrected chi connectivity index (χ1v) is 14.4. The maximum absolute atomic E-state index is 15.5. The zero-order valence-electron chi connectivity index (χ0n) is 24.1. The molecule has 4 aromatic rings. The highest BCUT2D eigenvalue weighted by molar-refractivity contribution is 6.33. The molecular weight excluding hydrogens is 635 g/mol. The van der Waals surface area contributed by atoms with E-state index in [1.165, 1.54) is 54.1 Å². The lowest BCUT2D eigenvalue weighted by Gasteiger charge is -2.24. The number of nitrogens with one attached hydrogen (secondary N) is 2. The average Bonchev–Trinajstić information content (AvgIpc) is 3.54. The van der Waals surface area contributed by atoms with E-state index in [1.807, 2.05) is 0 Å². The van der Waals surface area contributed by atoms with Crippen molar-refractivity contribution < 1.29 is 41.1 Å². The number of amides is 3. The van der Waals surface area contributed by atoms with E-state index < -0.39 is 67.2 Å². The summed E-state index contributed by atoms with van der Waals surface area (Å²) in [7, 11) is 0. The summed E-state index contributed by atoms with van der Waals surface area (Å²) in [5, 5.41) is 5.16. The number of fused-ring (bicyclic) bond motifs is 1. The van der Waals surface area contributed by atoms with E-state index in [-0.39, 0.29) is 34.3 Å². The number of Topliss-reactive ketones (excluding diaryl/α,β-unsaturated/α-hetero) is 1. The summed E-state index contributed by atoms with van der Waals surface area (Å²) in [5.41, 5.74) is 0.827. The molecule has 1 aliphatic rings. The third kappa shape index (κ3) is 7.04. The first-order valence-electron chi connectivity index (χ1n) is 14.0. The van der Waals surface area contributed by atoms with Gasteiger partial charge in [-0.2, -0.15) is 13.2 Å². The number of hydrogen-bond acceptors (Lipinski definition) is 4. The first-order chi connectivity index (χ1) is 21.7. The van der Waals surface area contributed by atoms with Gasteiger partial charge in [-0.25, -0.2) is 8.78 Å². The van der Waals surface area contributed by atoms with Gasteiger partial charge in [0.1, 0.15) is 25.2 Å².